The van der Waals surface area contributed by atoms with Crippen LogP contribution in [0.2, 0.25) is 0 Å². The van der Waals surface area contributed by atoms with Gasteiger partial charge in [0.05, 0.1) is 6.61 Å². The van der Waals surface area contributed by atoms with Crippen LogP contribution in [0.25, 0.3) is 0 Å². The van der Waals surface area contributed by atoms with Crippen LogP contribution in [0.15, 0.2) is 36.4 Å². The Bertz CT molecular complexity index is 333. The number of allylic oxidation sites excluding steroid dienone is 1. The maximum Gasteiger partial charge on any atom is 0.121 e. The molecule has 1 aromatic rings. The van der Waals surface area contributed by atoms with Crippen molar-refractivity contribution in [3.8, 4) is 5.75 Å². The van der Waals surface area contributed by atoms with Gasteiger partial charge in [0.15, 0.2) is 0 Å². The number of anilines is 1. The maximum atomic E-state index is 5.66. The van der Waals surface area contributed by atoms with E-state index in [0.29, 0.717) is 0 Å². The van der Waals surface area contributed by atoms with Gasteiger partial charge in [-0.1, -0.05) is 38.0 Å². The summed E-state index contributed by atoms with van der Waals surface area (Å²) in [6.45, 7) is 2.96. The average Bonchev–Trinajstić information content (AvgIpc) is 2.38. The minimum Gasteiger partial charge on any atom is -0.493 e. The maximum absolute atomic E-state index is 5.66. The van der Waals surface area contributed by atoms with E-state index in [2.05, 4.69) is 24.4 Å². The molecular formula is C15H23NO. The Balaban J connectivity index is 2.19. The molecule has 0 aromatic heterocycles. The molecule has 0 aliphatic heterocycles. The van der Waals surface area contributed by atoms with E-state index < -0.39 is 0 Å². The number of ether oxygens (including phenoxy) is 1. The van der Waals surface area contributed by atoms with E-state index in [0.717, 1.165) is 24.5 Å². The van der Waals surface area contributed by atoms with Crippen molar-refractivity contribution in [1.29, 1.82) is 0 Å². The first-order chi connectivity index (χ1) is 8.36. The fraction of sp³-hybridized carbons (Fsp3) is 0.467. The Morgan fingerprint density at radius 3 is 2.82 bits per heavy atom. The second-order valence-corrected chi connectivity index (χ2v) is 4.03. The van der Waals surface area contributed by atoms with E-state index >= 15 is 0 Å². The van der Waals surface area contributed by atoms with Crippen LogP contribution in [0, 0.1) is 0 Å². The molecule has 0 unspecified atom stereocenters. The molecule has 0 saturated carbocycles. The fourth-order valence-corrected chi connectivity index (χ4v) is 1.54. The van der Waals surface area contributed by atoms with Crippen LogP contribution in [0.1, 0.15) is 32.6 Å². The van der Waals surface area contributed by atoms with Crippen molar-refractivity contribution in [1.82, 2.24) is 0 Å². The first-order valence-electron chi connectivity index (χ1n) is 6.42. The van der Waals surface area contributed by atoms with Gasteiger partial charge in [0, 0.05) is 18.8 Å². The number of hydrogen-bond donors (Lipinski definition) is 1. The molecule has 0 amide bonds. The van der Waals surface area contributed by atoms with Gasteiger partial charge in [-0.25, -0.2) is 0 Å². The van der Waals surface area contributed by atoms with Crippen LogP contribution < -0.4 is 10.1 Å². The van der Waals surface area contributed by atoms with Gasteiger partial charge in [0.1, 0.15) is 5.75 Å². The molecule has 0 heterocycles. The van der Waals surface area contributed by atoms with Crippen LogP contribution >= 0.6 is 0 Å². The fourth-order valence-electron chi connectivity index (χ4n) is 1.54. The van der Waals surface area contributed by atoms with Gasteiger partial charge in [0.2, 0.25) is 0 Å². The normalized spacial score (nSPS) is 10.7. The predicted octanol–water partition coefficient (Wildman–Crippen LogP) is 4.24. The molecular weight excluding hydrogens is 210 g/mol. The summed E-state index contributed by atoms with van der Waals surface area (Å²) in [4.78, 5) is 0. The van der Waals surface area contributed by atoms with Gasteiger partial charge in [-0.05, 0) is 25.0 Å². The predicted molar refractivity (Wildman–Crippen MR) is 74.8 cm³/mol. The molecule has 2 heteroatoms. The van der Waals surface area contributed by atoms with Gasteiger partial charge >= 0.3 is 0 Å². The van der Waals surface area contributed by atoms with Gasteiger partial charge in [-0.15, -0.1) is 0 Å². The number of nitrogens with one attached hydrogen (secondary N) is 1. The average molecular weight is 233 g/mol. The molecule has 94 valence electrons. The molecule has 0 bridgehead atoms. The van der Waals surface area contributed by atoms with Crippen molar-refractivity contribution >= 4 is 5.69 Å². The Morgan fingerprint density at radius 1 is 1.24 bits per heavy atom. The van der Waals surface area contributed by atoms with E-state index in [9.17, 15) is 0 Å². The number of hydrogen-bond acceptors (Lipinski definition) is 2. The van der Waals surface area contributed by atoms with Crippen molar-refractivity contribution in [2.45, 2.75) is 32.6 Å². The number of unbranched alkanes of at least 4 members (excludes halogenated alkanes) is 2. The Hall–Kier alpha value is -1.44. The Labute approximate surface area is 105 Å². The second-order valence-electron chi connectivity index (χ2n) is 4.03. The number of rotatable bonds is 8. The molecule has 0 aliphatic rings. The van der Waals surface area contributed by atoms with Crippen LogP contribution in [0.4, 0.5) is 5.69 Å². The summed E-state index contributed by atoms with van der Waals surface area (Å²) in [6, 6.07) is 8.03. The van der Waals surface area contributed by atoms with Crippen LogP contribution in [-0.4, -0.2) is 13.7 Å². The largest absolute Gasteiger partial charge is 0.493 e. The third-order valence-electron chi connectivity index (χ3n) is 2.57. The standard InChI is InChI=1S/C15H23NO/c1-3-4-5-6-7-8-12-17-15-11-9-10-14(13-15)16-2/h6-7,9-11,13,16H,3-5,8,12H2,1-2H3/b7-6+. The monoisotopic (exact) mass is 233 g/mol. The van der Waals surface area contributed by atoms with Crippen LogP contribution in [-0.2, 0) is 0 Å². The molecule has 0 atom stereocenters. The van der Waals surface area contributed by atoms with Gasteiger partial charge in [-0.2, -0.15) is 0 Å². The van der Waals surface area contributed by atoms with Gasteiger partial charge in [-0.3, -0.25) is 0 Å². The first kappa shape index (κ1) is 13.6. The highest BCUT2D eigenvalue weighted by Crippen LogP contribution is 2.16. The lowest BCUT2D eigenvalue weighted by Crippen LogP contribution is -1.96. The van der Waals surface area contributed by atoms with Crippen molar-refractivity contribution < 1.29 is 4.74 Å². The zero-order valence-corrected chi connectivity index (χ0v) is 10.9. The molecule has 1 aromatic carbocycles. The zero-order chi connectivity index (χ0) is 12.3. The highest BCUT2D eigenvalue weighted by Gasteiger charge is 1.93. The lowest BCUT2D eigenvalue weighted by molar-refractivity contribution is 0.325. The van der Waals surface area contributed by atoms with Crippen molar-refractivity contribution in [3.63, 3.8) is 0 Å². The summed E-state index contributed by atoms with van der Waals surface area (Å²) in [5, 5.41) is 3.10. The SMILES string of the molecule is CCCC/C=C/CCOc1cccc(NC)c1. The summed E-state index contributed by atoms with van der Waals surface area (Å²) in [6.07, 6.45) is 9.16. The lowest BCUT2D eigenvalue weighted by atomic mass is 10.2. The molecule has 2 nitrogen and oxygen atoms in total. The summed E-state index contributed by atoms with van der Waals surface area (Å²) in [7, 11) is 1.91. The van der Waals surface area contributed by atoms with Gasteiger partial charge in [0.25, 0.3) is 0 Å². The summed E-state index contributed by atoms with van der Waals surface area (Å²) >= 11 is 0. The van der Waals surface area contributed by atoms with E-state index in [1.165, 1.54) is 19.3 Å². The van der Waals surface area contributed by atoms with E-state index in [1.807, 2.05) is 31.3 Å². The first-order valence-corrected chi connectivity index (χ1v) is 6.42. The van der Waals surface area contributed by atoms with Crippen molar-refractivity contribution in [2.24, 2.45) is 0 Å². The molecule has 0 aliphatic carbocycles. The molecule has 1 rings (SSSR count). The number of benzene rings is 1. The quantitative estimate of drug-likeness (QED) is 0.535. The molecule has 0 fully saturated rings. The minimum absolute atomic E-state index is 0.746. The summed E-state index contributed by atoms with van der Waals surface area (Å²) < 4.78 is 5.66. The molecule has 0 spiro atoms. The van der Waals surface area contributed by atoms with Crippen molar-refractivity contribution in [2.75, 3.05) is 19.0 Å². The smallest absolute Gasteiger partial charge is 0.121 e. The van der Waals surface area contributed by atoms with E-state index in [1.54, 1.807) is 0 Å². The zero-order valence-electron chi connectivity index (χ0n) is 10.9. The summed E-state index contributed by atoms with van der Waals surface area (Å²) in [5.74, 6) is 0.929. The molecule has 0 saturated heterocycles. The second kappa shape index (κ2) is 8.68. The summed E-state index contributed by atoms with van der Waals surface area (Å²) in [5.41, 5.74) is 1.08. The Kier molecular flexibility index (Phi) is 6.96. The van der Waals surface area contributed by atoms with E-state index in [4.69, 9.17) is 4.74 Å². The highest BCUT2D eigenvalue weighted by atomic mass is 16.5. The van der Waals surface area contributed by atoms with Gasteiger partial charge < -0.3 is 10.1 Å². The topological polar surface area (TPSA) is 21.3 Å². The van der Waals surface area contributed by atoms with Crippen LogP contribution in [0.5, 0.6) is 5.75 Å². The highest BCUT2D eigenvalue weighted by molar-refractivity contribution is 5.47. The Morgan fingerprint density at radius 2 is 2.06 bits per heavy atom. The molecule has 1 N–H and O–H groups in total. The molecule has 17 heavy (non-hydrogen) atoms. The van der Waals surface area contributed by atoms with E-state index in [-0.39, 0.29) is 0 Å². The lowest BCUT2D eigenvalue weighted by Gasteiger charge is -2.06. The molecule has 0 radical (unpaired) electrons. The van der Waals surface area contributed by atoms with Crippen molar-refractivity contribution in [3.05, 3.63) is 36.4 Å². The van der Waals surface area contributed by atoms with Crippen LogP contribution in [0.3, 0.4) is 0 Å². The third-order valence-corrected chi connectivity index (χ3v) is 2.57. The third kappa shape index (κ3) is 6.00. The minimum atomic E-state index is 0.746.